The number of aliphatic carboxylic acids is 1. The van der Waals surface area contributed by atoms with Gasteiger partial charge >= 0.3 is 5.97 Å². The topological polar surface area (TPSA) is 90.0 Å². The lowest BCUT2D eigenvalue weighted by atomic mass is 9.84. The fraction of sp³-hybridized carbons (Fsp3) is 0.800. The SMILES string of the molecule is CCC(C)N1CCCC[C@@H]1C(=O)N[C@H](C(=O)N(C)[C@H](/C=C(\C)C(=O)O)C(C)C)C(C)(C)C. The molecule has 1 aliphatic heterocycles. The number of amides is 2. The van der Waals surface area contributed by atoms with Crippen molar-refractivity contribution in [1.82, 2.24) is 15.1 Å². The number of nitrogens with zero attached hydrogens (tertiary/aromatic N) is 2. The lowest BCUT2D eigenvalue weighted by molar-refractivity contribution is -0.142. The van der Waals surface area contributed by atoms with Gasteiger partial charge in [0.25, 0.3) is 0 Å². The number of nitrogens with one attached hydrogen (secondary N) is 1. The van der Waals surface area contributed by atoms with Crippen LogP contribution in [-0.2, 0) is 14.4 Å². The van der Waals surface area contributed by atoms with Gasteiger partial charge in [0.05, 0.1) is 12.1 Å². The van der Waals surface area contributed by atoms with E-state index in [0.29, 0.717) is 6.04 Å². The lowest BCUT2D eigenvalue weighted by Crippen LogP contribution is -2.60. The minimum Gasteiger partial charge on any atom is -0.478 e. The van der Waals surface area contributed by atoms with Crippen LogP contribution in [0.15, 0.2) is 11.6 Å². The van der Waals surface area contributed by atoms with Crippen LogP contribution in [0.3, 0.4) is 0 Å². The molecule has 0 aromatic heterocycles. The van der Waals surface area contributed by atoms with E-state index in [1.807, 2.05) is 34.6 Å². The van der Waals surface area contributed by atoms with Crippen LogP contribution in [0.5, 0.6) is 0 Å². The minimum atomic E-state index is -1.00. The van der Waals surface area contributed by atoms with E-state index in [9.17, 15) is 19.5 Å². The maximum Gasteiger partial charge on any atom is 0.331 e. The number of carbonyl (C=O) groups excluding carboxylic acids is 2. The van der Waals surface area contributed by atoms with Crippen LogP contribution in [0.1, 0.15) is 81.1 Å². The molecule has 1 rings (SSSR count). The van der Waals surface area contributed by atoms with Crippen molar-refractivity contribution in [1.29, 1.82) is 0 Å². The molecule has 1 fully saturated rings. The Morgan fingerprint density at radius 1 is 1.19 bits per heavy atom. The average molecular weight is 452 g/mol. The molecule has 0 bridgehead atoms. The largest absolute Gasteiger partial charge is 0.478 e. The normalized spacial score (nSPS) is 21.1. The zero-order valence-electron chi connectivity index (χ0n) is 21.6. The summed E-state index contributed by atoms with van der Waals surface area (Å²) in [6.45, 7) is 16.5. The fourth-order valence-corrected chi connectivity index (χ4v) is 4.31. The number of carboxylic acids is 1. The van der Waals surface area contributed by atoms with E-state index >= 15 is 0 Å². The third kappa shape index (κ3) is 7.32. The van der Waals surface area contributed by atoms with Gasteiger partial charge in [0, 0.05) is 18.7 Å². The summed E-state index contributed by atoms with van der Waals surface area (Å²) in [6.07, 6.45) is 5.49. The van der Waals surface area contributed by atoms with Gasteiger partial charge in [0.1, 0.15) is 6.04 Å². The van der Waals surface area contributed by atoms with Crippen molar-refractivity contribution in [2.45, 2.75) is 105 Å². The van der Waals surface area contributed by atoms with Crippen LogP contribution in [0, 0.1) is 11.3 Å². The first kappa shape index (κ1) is 28.1. The van der Waals surface area contributed by atoms with Gasteiger partial charge in [-0.1, -0.05) is 54.0 Å². The van der Waals surface area contributed by atoms with Crippen molar-refractivity contribution >= 4 is 17.8 Å². The molecular weight excluding hydrogens is 406 g/mol. The van der Waals surface area contributed by atoms with Gasteiger partial charge in [-0.2, -0.15) is 0 Å². The number of carboxylic acid groups (broad SMARTS) is 1. The van der Waals surface area contributed by atoms with Crippen LogP contribution >= 0.6 is 0 Å². The number of piperidine rings is 1. The van der Waals surface area contributed by atoms with Gasteiger partial charge in [-0.3, -0.25) is 14.5 Å². The Morgan fingerprint density at radius 2 is 1.78 bits per heavy atom. The van der Waals surface area contributed by atoms with Crippen molar-refractivity contribution in [3.8, 4) is 0 Å². The van der Waals surface area contributed by atoms with E-state index < -0.39 is 17.4 Å². The summed E-state index contributed by atoms with van der Waals surface area (Å²) >= 11 is 0. The first-order chi connectivity index (χ1) is 14.7. The van der Waals surface area contributed by atoms with Crippen LogP contribution in [-0.4, -0.2) is 70.4 Å². The molecule has 7 heteroatoms. The van der Waals surface area contributed by atoms with Crippen molar-refractivity contribution in [2.75, 3.05) is 13.6 Å². The molecule has 2 amide bonds. The first-order valence-electron chi connectivity index (χ1n) is 12.0. The smallest absolute Gasteiger partial charge is 0.331 e. The van der Waals surface area contributed by atoms with Gasteiger partial charge in [-0.15, -0.1) is 0 Å². The number of hydrogen-bond acceptors (Lipinski definition) is 4. The zero-order valence-corrected chi connectivity index (χ0v) is 21.6. The maximum atomic E-state index is 13.6. The second kappa shape index (κ2) is 11.8. The van der Waals surface area contributed by atoms with E-state index in [1.54, 1.807) is 18.0 Å². The monoisotopic (exact) mass is 451 g/mol. The molecule has 0 spiro atoms. The number of carbonyl (C=O) groups is 3. The summed E-state index contributed by atoms with van der Waals surface area (Å²) in [5, 5.41) is 12.4. The Hall–Kier alpha value is -1.89. The Balaban J connectivity index is 3.16. The Kier molecular flexibility index (Phi) is 10.4. The lowest BCUT2D eigenvalue weighted by Gasteiger charge is -2.41. The number of rotatable bonds is 9. The average Bonchev–Trinajstić information content (AvgIpc) is 2.72. The molecule has 2 N–H and O–H groups in total. The Bertz CT molecular complexity index is 696. The summed E-state index contributed by atoms with van der Waals surface area (Å²) in [5.41, 5.74) is -0.296. The molecular formula is C25H45N3O4. The molecule has 184 valence electrons. The van der Waals surface area contributed by atoms with E-state index in [2.05, 4.69) is 24.1 Å². The molecule has 0 radical (unpaired) electrons. The number of likely N-dealkylation sites (N-methyl/N-ethyl adjacent to an activating group) is 1. The molecule has 1 aliphatic rings. The van der Waals surface area contributed by atoms with Crippen molar-refractivity contribution in [3.05, 3.63) is 11.6 Å². The van der Waals surface area contributed by atoms with Crippen LogP contribution in [0.4, 0.5) is 0 Å². The highest BCUT2D eigenvalue weighted by atomic mass is 16.4. The summed E-state index contributed by atoms with van der Waals surface area (Å²) < 4.78 is 0. The molecule has 1 unspecified atom stereocenters. The van der Waals surface area contributed by atoms with E-state index in [0.717, 1.165) is 32.2 Å². The van der Waals surface area contributed by atoms with Crippen LogP contribution in [0.25, 0.3) is 0 Å². The van der Waals surface area contributed by atoms with Gasteiger partial charge in [0.2, 0.25) is 11.8 Å². The third-order valence-corrected chi connectivity index (χ3v) is 6.64. The molecule has 0 saturated carbocycles. The third-order valence-electron chi connectivity index (χ3n) is 6.64. The van der Waals surface area contributed by atoms with Crippen molar-refractivity contribution < 1.29 is 19.5 Å². The zero-order chi connectivity index (χ0) is 24.8. The first-order valence-corrected chi connectivity index (χ1v) is 12.0. The molecule has 32 heavy (non-hydrogen) atoms. The summed E-state index contributed by atoms with van der Waals surface area (Å²) in [4.78, 5) is 42.2. The number of likely N-dealkylation sites (tertiary alicyclic amines) is 1. The van der Waals surface area contributed by atoms with Gasteiger partial charge in [0.15, 0.2) is 0 Å². The van der Waals surface area contributed by atoms with Gasteiger partial charge < -0.3 is 15.3 Å². The fourth-order valence-electron chi connectivity index (χ4n) is 4.31. The van der Waals surface area contributed by atoms with E-state index in [1.165, 1.54) is 6.92 Å². The molecule has 1 heterocycles. The molecule has 0 aromatic carbocycles. The second-order valence-corrected chi connectivity index (χ2v) is 10.7. The molecule has 1 saturated heterocycles. The quantitative estimate of drug-likeness (QED) is 0.522. The highest BCUT2D eigenvalue weighted by Crippen LogP contribution is 2.26. The van der Waals surface area contributed by atoms with Crippen LogP contribution in [0.2, 0.25) is 0 Å². The van der Waals surface area contributed by atoms with E-state index in [4.69, 9.17) is 0 Å². The second-order valence-electron chi connectivity index (χ2n) is 10.7. The maximum absolute atomic E-state index is 13.6. The highest BCUT2D eigenvalue weighted by Gasteiger charge is 2.40. The summed E-state index contributed by atoms with van der Waals surface area (Å²) in [7, 11) is 1.69. The minimum absolute atomic E-state index is 0.0220. The predicted octanol–water partition coefficient (Wildman–Crippen LogP) is 3.68. The molecule has 0 aliphatic carbocycles. The predicted molar refractivity (Wildman–Crippen MR) is 128 cm³/mol. The van der Waals surface area contributed by atoms with Crippen molar-refractivity contribution in [3.63, 3.8) is 0 Å². The van der Waals surface area contributed by atoms with E-state index in [-0.39, 0.29) is 35.4 Å². The Morgan fingerprint density at radius 3 is 2.25 bits per heavy atom. The molecule has 7 nitrogen and oxygen atoms in total. The van der Waals surface area contributed by atoms with Crippen molar-refractivity contribution in [2.24, 2.45) is 11.3 Å². The standard InChI is InChI=1S/C25H45N3O4/c1-10-18(5)28-14-12-11-13-19(28)22(29)26-21(25(6,7)8)23(30)27(9)20(16(2)3)15-17(4)24(31)32/h15-16,18-21H,10-14H2,1-9H3,(H,26,29)(H,31,32)/b17-15+/t18?,19-,20-,21-/m1/s1. The molecule has 4 atom stereocenters. The van der Waals surface area contributed by atoms with Crippen LogP contribution < -0.4 is 5.32 Å². The highest BCUT2D eigenvalue weighted by molar-refractivity contribution is 5.91. The van der Waals surface area contributed by atoms with Gasteiger partial charge in [-0.25, -0.2) is 4.79 Å². The summed E-state index contributed by atoms with van der Waals surface area (Å²) in [5.74, 6) is -1.27. The van der Waals surface area contributed by atoms with Gasteiger partial charge in [-0.05, 0) is 51.0 Å². The summed E-state index contributed by atoms with van der Waals surface area (Å²) in [6, 6.07) is -1.00. The number of hydrogen-bond donors (Lipinski definition) is 2. The molecule has 0 aromatic rings. The Labute approximate surface area is 194 Å².